The van der Waals surface area contributed by atoms with Crippen molar-refractivity contribution in [2.24, 2.45) is 11.5 Å². The van der Waals surface area contributed by atoms with Crippen LogP contribution in [0.2, 0.25) is 0 Å². The predicted molar refractivity (Wildman–Crippen MR) is 99.9 cm³/mol. The first-order chi connectivity index (χ1) is 11.4. The second-order valence-electron chi connectivity index (χ2n) is 5.22. The van der Waals surface area contributed by atoms with Gasteiger partial charge in [-0.05, 0) is 36.4 Å². The number of rotatable bonds is 4. The van der Waals surface area contributed by atoms with Crippen LogP contribution in [0.15, 0.2) is 52.9 Å². The van der Waals surface area contributed by atoms with E-state index in [0.29, 0.717) is 22.4 Å². The first-order valence-electron chi connectivity index (χ1n) is 7.08. The smallest absolute Gasteiger partial charge is 0.291 e. The van der Waals surface area contributed by atoms with E-state index in [1.165, 1.54) is 0 Å². The molecule has 0 bridgehead atoms. The van der Waals surface area contributed by atoms with E-state index in [4.69, 9.17) is 26.7 Å². The summed E-state index contributed by atoms with van der Waals surface area (Å²) in [7, 11) is 0. The molecule has 3 aromatic rings. The van der Waals surface area contributed by atoms with E-state index in [0.717, 1.165) is 5.39 Å². The number of carbonyl (C=O) groups is 1. The standard InChI is InChI=1S/C17H15N5O2.ClH/c18-15(19)9-3-5-12(6-4-9)22-17(23)14-7-10-1-2-11(16(20)21)8-13(10)24-14;/h1-8H,(H3,18,19)(H3,20,21)(H,22,23);1H. The van der Waals surface area contributed by atoms with Gasteiger partial charge in [-0.1, -0.05) is 12.1 Å². The number of halogens is 1. The van der Waals surface area contributed by atoms with Gasteiger partial charge in [-0.3, -0.25) is 15.6 Å². The first-order valence-corrected chi connectivity index (χ1v) is 7.08. The van der Waals surface area contributed by atoms with Crippen LogP contribution < -0.4 is 16.8 Å². The number of amides is 1. The summed E-state index contributed by atoms with van der Waals surface area (Å²) in [6, 6.07) is 13.3. The number of nitrogen functional groups attached to an aromatic ring is 2. The van der Waals surface area contributed by atoms with E-state index in [1.807, 2.05) is 0 Å². The summed E-state index contributed by atoms with van der Waals surface area (Å²) in [5, 5.41) is 18.2. The Kier molecular flexibility index (Phi) is 5.09. The van der Waals surface area contributed by atoms with Crippen LogP contribution in [0.5, 0.6) is 0 Å². The maximum atomic E-state index is 12.3. The minimum absolute atomic E-state index is 0. The molecule has 0 spiro atoms. The van der Waals surface area contributed by atoms with E-state index in [9.17, 15) is 4.79 Å². The number of anilines is 1. The molecule has 0 saturated heterocycles. The zero-order valence-electron chi connectivity index (χ0n) is 13.0. The van der Waals surface area contributed by atoms with Gasteiger partial charge in [-0.15, -0.1) is 12.4 Å². The van der Waals surface area contributed by atoms with Gasteiger partial charge >= 0.3 is 0 Å². The molecule has 0 aliphatic rings. The number of amidine groups is 2. The van der Waals surface area contributed by atoms with Crippen LogP contribution in [0.1, 0.15) is 21.7 Å². The topological polar surface area (TPSA) is 142 Å². The van der Waals surface area contributed by atoms with Crippen LogP contribution in [-0.2, 0) is 0 Å². The molecule has 7 nitrogen and oxygen atoms in total. The molecule has 7 N–H and O–H groups in total. The molecule has 25 heavy (non-hydrogen) atoms. The van der Waals surface area contributed by atoms with Crippen molar-refractivity contribution >= 4 is 46.6 Å². The van der Waals surface area contributed by atoms with Crippen LogP contribution in [0.25, 0.3) is 11.0 Å². The van der Waals surface area contributed by atoms with Crippen molar-refractivity contribution in [3.05, 3.63) is 65.4 Å². The number of hydrogen-bond donors (Lipinski definition) is 5. The number of nitrogens with two attached hydrogens (primary N) is 2. The third kappa shape index (κ3) is 3.78. The Morgan fingerprint density at radius 1 is 0.920 bits per heavy atom. The van der Waals surface area contributed by atoms with E-state index < -0.39 is 5.91 Å². The first kappa shape index (κ1) is 18.0. The summed E-state index contributed by atoms with van der Waals surface area (Å²) < 4.78 is 5.54. The monoisotopic (exact) mass is 357 g/mol. The molecule has 0 fully saturated rings. The number of benzene rings is 2. The van der Waals surface area contributed by atoms with Crippen LogP contribution in [-0.4, -0.2) is 17.6 Å². The largest absolute Gasteiger partial charge is 0.451 e. The Morgan fingerprint density at radius 2 is 1.52 bits per heavy atom. The predicted octanol–water partition coefficient (Wildman–Crippen LogP) is 2.68. The minimum atomic E-state index is -0.397. The molecule has 0 atom stereocenters. The van der Waals surface area contributed by atoms with Crippen molar-refractivity contribution in [1.29, 1.82) is 10.8 Å². The summed E-state index contributed by atoms with van der Waals surface area (Å²) in [4.78, 5) is 12.3. The number of carbonyl (C=O) groups excluding carboxylic acids is 1. The van der Waals surface area contributed by atoms with Crippen LogP contribution >= 0.6 is 12.4 Å². The molecule has 0 radical (unpaired) electrons. The van der Waals surface area contributed by atoms with Crippen molar-refractivity contribution < 1.29 is 9.21 Å². The highest BCUT2D eigenvalue weighted by molar-refractivity contribution is 6.05. The zero-order valence-corrected chi connectivity index (χ0v) is 13.8. The number of nitrogens with one attached hydrogen (secondary N) is 3. The minimum Gasteiger partial charge on any atom is -0.451 e. The van der Waals surface area contributed by atoms with Gasteiger partial charge in [0, 0.05) is 22.2 Å². The van der Waals surface area contributed by atoms with E-state index in [-0.39, 0.29) is 29.8 Å². The summed E-state index contributed by atoms with van der Waals surface area (Å²) in [6.07, 6.45) is 0. The van der Waals surface area contributed by atoms with Crippen LogP contribution in [0, 0.1) is 10.8 Å². The summed E-state index contributed by atoms with van der Waals surface area (Å²) in [6.45, 7) is 0. The van der Waals surface area contributed by atoms with Gasteiger partial charge in [-0.2, -0.15) is 0 Å². The highest BCUT2D eigenvalue weighted by Gasteiger charge is 2.13. The molecule has 0 aliphatic heterocycles. The normalized spacial score (nSPS) is 10.1. The maximum absolute atomic E-state index is 12.3. The SMILES string of the molecule is Cl.N=C(N)c1ccc(NC(=O)c2cc3ccc(C(=N)N)cc3o2)cc1. The van der Waals surface area contributed by atoms with Gasteiger partial charge < -0.3 is 21.2 Å². The third-order valence-electron chi connectivity index (χ3n) is 3.51. The van der Waals surface area contributed by atoms with Gasteiger partial charge in [-0.25, -0.2) is 0 Å². The zero-order chi connectivity index (χ0) is 17.3. The van der Waals surface area contributed by atoms with Gasteiger partial charge in [0.05, 0.1) is 0 Å². The summed E-state index contributed by atoms with van der Waals surface area (Å²) in [5.41, 5.74) is 13.0. The molecule has 8 heteroatoms. The fourth-order valence-corrected chi connectivity index (χ4v) is 2.24. The van der Waals surface area contributed by atoms with Crippen molar-refractivity contribution in [3.63, 3.8) is 0 Å². The van der Waals surface area contributed by atoms with Crippen molar-refractivity contribution in [1.82, 2.24) is 0 Å². The van der Waals surface area contributed by atoms with Crippen molar-refractivity contribution in [2.75, 3.05) is 5.32 Å². The molecule has 0 unspecified atom stereocenters. The molecule has 0 aliphatic carbocycles. The van der Waals surface area contributed by atoms with Crippen LogP contribution in [0.3, 0.4) is 0 Å². The van der Waals surface area contributed by atoms with Crippen LogP contribution in [0.4, 0.5) is 5.69 Å². The average molecular weight is 358 g/mol. The Balaban J connectivity index is 0.00000225. The fraction of sp³-hybridized carbons (Fsp3) is 0. The number of fused-ring (bicyclic) bond motifs is 1. The quantitative estimate of drug-likeness (QED) is 0.361. The molecule has 128 valence electrons. The second kappa shape index (κ2) is 7.06. The highest BCUT2D eigenvalue weighted by Crippen LogP contribution is 2.22. The van der Waals surface area contributed by atoms with Gasteiger partial charge in [0.1, 0.15) is 17.3 Å². The van der Waals surface area contributed by atoms with E-state index >= 15 is 0 Å². The Labute approximate surface area is 149 Å². The molecular weight excluding hydrogens is 342 g/mol. The van der Waals surface area contributed by atoms with Gasteiger partial charge in [0.2, 0.25) is 0 Å². The molecule has 1 heterocycles. The molecule has 2 aromatic carbocycles. The molecule has 0 saturated carbocycles. The lowest BCUT2D eigenvalue weighted by Crippen LogP contribution is -2.13. The summed E-state index contributed by atoms with van der Waals surface area (Å²) >= 11 is 0. The molecule has 1 amide bonds. The number of hydrogen-bond acceptors (Lipinski definition) is 4. The Bertz CT molecular complexity index is 963. The lowest BCUT2D eigenvalue weighted by molar-refractivity contribution is 0.0998. The van der Waals surface area contributed by atoms with E-state index in [1.54, 1.807) is 48.5 Å². The fourth-order valence-electron chi connectivity index (χ4n) is 2.24. The highest BCUT2D eigenvalue weighted by atomic mass is 35.5. The molecule has 1 aromatic heterocycles. The maximum Gasteiger partial charge on any atom is 0.291 e. The van der Waals surface area contributed by atoms with E-state index in [2.05, 4.69) is 5.32 Å². The lowest BCUT2D eigenvalue weighted by Gasteiger charge is -2.04. The van der Waals surface area contributed by atoms with Crippen molar-refractivity contribution in [3.8, 4) is 0 Å². The summed E-state index contributed by atoms with van der Waals surface area (Å²) in [5.74, 6) is -0.344. The third-order valence-corrected chi connectivity index (χ3v) is 3.51. The number of furan rings is 1. The Morgan fingerprint density at radius 3 is 2.12 bits per heavy atom. The van der Waals surface area contributed by atoms with Gasteiger partial charge in [0.15, 0.2) is 5.76 Å². The Hall–Kier alpha value is -3.32. The molecule has 3 rings (SSSR count). The van der Waals surface area contributed by atoms with Gasteiger partial charge in [0.25, 0.3) is 5.91 Å². The molecular formula is C17H16ClN5O2. The second-order valence-corrected chi connectivity index (χ2v) is 5.22. The lowest BCUT2D eigenvalue weighted by atomic mass is 10.1. The average Bonchev–Trinajstić information content (AvgIpc) is 2.98. The van der Waals surface area contributed by atoms with Crippen molar-refractivity contribution in [2.45, 2.75) is 0 Å².